The number of aliphatic hydroxyl groups is 2. The molecule has 3 aliphatic heterocycles. The van der Waals surface area contributed by atoms with Crippen LogP contribution in [0.3, 0.4) is 0 Å². The Morgan fingerprint density at radius 3 is 2.56 bits per heavy atom. The highest BCUT2D eigenvalue weighted by Gasteiger charge is 2.45. The number of fused-ring (bicyclic) bond motifs is 5. The SMILES string of the molecule is CC[C@@]1(O)C(=O)OCc2c1cc1n(c2=O)Cc2c-1nc1cc(F)c(C)cc1c2C(C)N1CCC([C@@H](C)O)CC1. The van der Waals surface area contributed by atoms with Crippen LogP contribution in [0.25, 0.3) is 22.3 Å². The van der Waals surface area contributed by atoms with Crippen LogP contribution in [-0.2, 0) is 28.3 Å². The van der Waals surface area contributed by atoms with Gasteiger partial charge in [0, 0.05) is 28.6 Å². The number of esters is 1. The number of pyridine rings is 2. The second kappa shape index (κ2) is 9.21. The summed E-state index contributed by atoms with van der Waals surface area (Å²) in [6.07, 6.45) is 1.49. The maximum absolute atomic E-state index is 14.8. The van der Waals surface area contributed by atoms with Crippen LogP contribution in [0.15, 0.2) is 23.0 Å². The van der Waals surface area contributed by atoms with E-state index in [4.69, 9.17) is 9.72 Å². The number of nitrogens with zero attached hydrogens (tertiary/aromatic N) is 3. The monoisotopic (exact) mass is 535 g/mol. The standard InChI is InChI=1S/C30H34FN3O5/c1-5-30(38)22-11-25-27-20(13-34(25)28(36)21(22)14-39-29(30)37)26(19-10-15(2)23(31)12-24(19)32-27)16(3)33-8-6-18(7-9-33)17(4)35/h10-12,16-18,35,38H,5-9,13-14H2,1-4H3/t16?,17-,30+/m1/s1. The average molecular weight is 536 g/mol. The van der Waals surface area contributed by atoms with E-state index in [1.165, 1.54) is 6.07 Å². The summed E-state index contributed by atoms with van der Waals surface area (Å²) in [6, 6.07) is 4.94. The smallest absolute Gasteiger partial charge is 0.343 e. The lowest BCUT2D eigenvalue weighted by Gasteiger charge is -2.38. The number of carbonyl (C=O) groups is 1. The second-order valence-electron chi connectivity index (χ2n) is 11.4. The van der Waals surface area contributed by atoms with Crippen molar-refractivity contribution in [3.63, 3.8) is 0 Å². The molecule has 8 nitrogen and oxygen atoms in total. The van der Waals surface area contributed by atoms with Crippen molar-refractivity contribution in [2.75, 3.05) is 13.1 Å². The topological polar surface area (TPSA) is 105 Å². The number of ether oxygens (including phenoxy) is 1. The average Bonchev–Trinajstić information content (AvgIpc) is 3.28. The third-order valence-corrected chi connectivity index (χ3v) is 9.23. The predicted octanol–water partition coefficient (Wildman–Crippen LogP) is 3.68. The summed E-state index contributed by atoms with van der Waals surface area (Å²) in [6.45, 7) is 9.13. The molecule has 0 bridgehead atoms. The molecule has 9 heteroatoms. The van der Waals surface area contributed by atoms with Crippen molar-refractivity contribution in [1.29, 1.82) is 0 Å². The molecule has 1 saturated heterocycles. The third-order valence-electron chi connectivity index (χ3n) is 9.23. The number of cyclic esters (lactones) is 1. The van der Waals surface area contributed by atoms with E-state index in [1.54, 1.807) is 24.5 Å². The lowest BCUT2D eigenvalue weighted by Crippen LogP contribution is -2.44. The molecular formula is C30H34FN3O5. The molecule has 0 spiro atoms. The molecule has 5 heterocycles. The fourth-order valence-electron chi connectivity index (χ4n) is 6.69. The molecular weight excluding hydrogens is 501 g/mol. The summed E-state index contributed by atoms with van der Waals surface area (Å²) in [4.78, 5) is 33.5. The normalized spacial score (nSPS) is 22.8. The van der Waals surface area contributed by atoms with Crippen molar-refractivity contribution in [1.82, 2.24) is 14.5 Å². The van der Waals surface area contributed by atoms with E-state index in [0.717, 1.165) is 42.4 Å². The first-order valence-electron chi connectivity index (χ1n) is 13.8. The Morgan fingerprint density at radius 1 is 1.18 bits per heavy atom. The summed E-state index contributed by atoms with van der Waals surface area (Å²) in [5.74, 6) is -0.852. The Kier molecular flexibility index (Phi) is 6.17. The molecule has 0 amide bonds. The van der Waals surface area contributed by atoms with E-state index >= 15 is 0 Å². The first kappa shape index (κ1) is 26.1. The van der Waals surface area contributed by atoms with E-state index in [9.17, 15) is 24.2 Å². The predicted molar refractivity (Wildman–Crippen MR) is 144 cm³/mol. The van der Waals surface area contributed by atoms with Crippen LogP contribution in [0.4, 0.5) is 4.39 Å². The molecule has 3 aromatic rings. The van der Waals surface area contributed by atoms with Crippen molar-refractivity contribution in [3.05, 3.63) is 62.2 Å². The Balaban J connectivity index is 1.55. The number of hydrogen-bond donors (Lipinski definition) is 2. The highest BCUT2D eigenvalue weighted by atomic mass is 19.1. The van der Waals surface area contributed by atoms with Crippen molar-refractivity contribution in [2.24, 2.45) is 5.92 Å². The number of carbonyl (C=O) groups excluding carboxylic acids is 1. The summed E-state index contributed by atoms with van der Waals surface area (Å²) in [5, 5.41) is 22.1. The summed E-state index contributed by atoms with van der Waals surface area (Å²) < 4.78 is 21.6. The largest absolute Gasteiger partial charge is 0.458 e. The number of halogens is 1. The first-order valence-corrected chi connectivity index (χ1v) is 13.8. The Bertz CT molecular complexity index is 1570. The molecule has 3 atom stereocenters. The molecule has 0 saturated carbocycles. The molecule has 0 radical (unpaired) electrons. The maximum atomic E-state index is 14.8. The van der Waals surface area contributed by atoms with Crippen LogP contribution < -0.4 is 5.56 Å². The van der Waals surface area contributed by atoms with Gasteiger partial charge in [-0.25, -0.2) is 14.2 Å². The first-order chi connectivity index (χ1) is 18.5. The van der Waals surface area contributed by atoms with Crippen molar-refractivity contribution in [2.45, 2.75) is 77.9 Å². The van der Waals surface area contributed by atoms with Crippen molar-refractivity contribution < 1.29 is 24.1 Å². The minimum Gasteiger partial charge on any atom is -0.458 e. The summed E-state index contributed by atoms with van der Waals surface area (Å²) in [7, 11) is 0. The van der Waals surface area contributed by atoms with Gasteiger partial charge in [-0.3, -0.25) is 9.69 Å². The lowest BCUT2D eigenvalue weighted by atomic mass is 9.86. The summed E-state index contributed by atoms with van der Waals surface area (Å²) >= 11 is 0. The van der Waals surface area contributed by atoms with Gasteiger partial charge in [0.1, 0.15) is 12.4 Å². The minimum atomic E-state index is -1.91. The van der Waals surface area contributed by atoms with Gasteiger partial charge in [-0.1, -0.05) is 6.92 Å². The molecule has 1 unspecified atom stereocenters. The van der Waals surface area contributed by atoms with Gasteiger partial charge >= 0.3 is 5.97 Å². The minimum absolute atomic E-state index is 0.0406. The molecule has 39 heavy (non-hydrogen) atoms. The van der Waals surface area contributed by atoms with Gasteiger partial charge in [0.05, 0.1) is 35.1 Å². The zero-order chi connectivity index (χ0) is 27.8. The highest BCUT2D eigenvalue weighted by Crippen LogP contribution is 2.43. The van der Waals surface area contributed by atoms with Gasteiger partial charge in [-0.2, -0.15) is 0 Å². The number of aryl methyl sites for hydroxylation is 1. The van der Waals surface area contributed by atoms with Crippen LogP contribution in [0.5, 0.6) is 0 Å². The zero-order valence-corrected chi connectivity index (χ0v) is 22.8. The van der Waals surface area contributed by atoms with Crippen molar-refractivity contribution >= 4 is 16.9 Å². The van der Waals surface area contributed by atoms with Gasteiger partial charge < -0.3 is 19.5 Å². The van der Waals surface area contributed by atoms with Gasteiger partial charge in [0.25, 0.3) is 5.56 Å². The van der Waals surface area contributed by atoms with Gasteiger partial charge in [-0.15, -0.1) is 0 Å². The Labute approximate surface area is 226 Å². The van der Waals surface area contributed by atoms with E-state index < -0.39 is 11.6 Å². The summed E-state index contributed by atoms with van der Waals surface area (Å²) in [5.41, 5.74) is 2.33. The fraction of sp³-hybridized carbons (Fsp3) is 0.500. The third kappa shape index (κ3) is 3.85. The van der Waals surface area contributed by atoms with Gasteiger partial charge in [0.2, 0.25) is 0 Å². The second-order valence-corrected chi connectivity index (χ2v) is 11.4. The number of aromatic nitrogens is 2. The molecule has 3 aliphatic rings. The number of benzene rings is 1. The van der Waals surface area contributed by atoms with E-state index in [1.807, 2.05) is 13.0 Å². The van der Waals surface area contributed by atoms with Crippen molar-refractivity contribution in [3.8, 4) is 11.4 Å². The molecule has 2 N–H and O–H groups in total. The number of hydrogen-bond acceptors (Lipinski definition) is 7. The van der Waals surface area contributed by atoms with Crippen LogP contribution in [0, 0.1) is 18.7 Å². The number of piperidine rings is 1. The maximum Gasteiger partial charge on any atom is 0.343 e. The number of likely N-dealkylation sites (tertiary alicyclic amines) is 1. The number of aliphatic hydroxyl groups excluding tert-OH is 1. The van der Waals surface area contributed by atoms with Gasteiger partial charge in [0.15, 0.2) is 5.60 Å². The molecule has 6 rings (SSSR count). The quantitative estimate of drug-likeness (QED) is 0.384. The molecule has 0 aliphatic carbocycles. The van der Waals surface area contributed by atoms with Crippen LogP contribution in [0.2, 0.25) is 0 Å². The van der Waals surface area contributed by atoms with Crippen LogP contribution in [0.1, 0.15) is 73.9 Å². The van der Waals surface area contributed by atoms with E-state index in [2.05, 4.69) is 11.8 Å². The highest BCUT2D eigenvalue weighted by molar-refractivity contribution is 5.90. The van der Waals surface area contributed by atoms with Crippen LogP contribution in [-0.4, -0.2) is 49.8 Å². The van der Waals surface area contributed by atoms with E-state index in [0.29, 0.717) is 29.0 Å². The Morgan fingerprint density at radius 2 is 1.90 bits per heavy atom. The Hall–Kier alpha value is -3.14. The molecule has 1 aromatic carbocycles. The molecule has 2 aromatic heterocycles. The lowest BCUT2D eigenvalue weighted by molar-refractivity contribution is -0.172. The fourth-order valence-corrected chi connectivity index (χ4v) is 6.69. The van der Waals surface area contributed by atoms with Gasteiger partial charge in [-0.05, 0) is 82.3 Å². The molecule has 206 valence electrons. The zero-order valence-electron chi connectivity index (χ0n) is 22.8. The van der Waals surface area contributed by atoms with Crippen LogP contribution >= 0.6 is 0 Å². The molecule has 1 fully saturated rings. The van der Waals surface area contributed by atoms with E-state index in [-0.39, 0.29) is 53.6 Å². The number of rotatable bonds is 4.